The number of likely N-dealkylation sites (tertiary alicyclic amines) is 2. The van der Waals surface area contributed by atoms with Gasteiger partial charge in [0.2, 0.25) is 5.91 Å². The second-order valence-electron chi connectivity index (χ2n) is 7.35. The van der Waals surface area contributed by atoms with Crippen LogP contribution < -0.4 is 5.73 Å². The van der Waals surface area contributed by atoms with Crippen molar-refractivity contribution in [3.05, 3.63) is 30.1 Å². The van der Waals surface area contributed by atoms with Gasteiger partial charge in [0.1, 0.15) is 0 Å². The Morgan fingerprint density at radius 1 is 1.12 bits per heavy atom. The second kappa shape index (κ2) is 7.95. The van der Waals surface area contributed by atoms with Gasteiger partial charge in [-0.3, -0.25) is 14.6 Å². The van der Waals surface area contributed by atoms with Crippen LogP contribution in [-0.4, -0.2) is 58.8 Å². The van der Waals surface area contributed by atoms with Crippen LogP contribution in [0.4, 0.5) is 0 Å². The lowest BCUT2D eigenvalue weighted by Crippen LogP contribution is -2.49. The summed E-state index contributed by atoms with van der Waals surface area (Å²) >= 11 is 0. The van der Waals surface area contributed by atoms with E-state index < -0.39 is 0 Å². The summed E-state index contributed by atoms with van der Waals surface area (Å²) in [5, 5.41) is 0. The quantitative estimate of drug-likeness (QED) is 0.901. The van der Waals surface area contributed by atoms with Gasteiger partial charge >= 0.3 is 0 Å². The molecule has 2 aliphatic heterocycles. The van der Waals surface area contributed by atoms with Gasteiger partial charge in [-0.2, -0.15) is 0 Å². The van der Waals surface area contributed by atoms with E-state index in [1.165, 1.54) is 0 Å². The molecule has 2 saturated heterocycles. The SMILES string of the molecule is CC(N)C1CCN(C(=O)C2CCCN(C(=O)c3ccncc3)C2)CC1. The highest BCUT2D eigenvalue weighted by atomic mass is 16.2. The Morgan fingerprint density at radius 2 is 1.80 bits per heavy atom. The summed E-state index contributed by atoms with van der Waals surface area (Å²) in [7, 11) is 0. The average Bonchev–Trinajstić information content (AvgIpc) is 2.67. The zero-order valence-corrected chi connectivity index (χ0v) is 14.9. The summed E-state index contributed by atoms with van der Waals surface area (Å²) in [4.78, 5) is 33.2. The van der Waals surface area contributed by atoms with Gasteiger partial charge in [-0.1, -0.05) is 0 Å². The molecule has 0 aromatic carbocycles. The largest absolute Gasteiger partial charge is 0.342 e. The highest BCUT2D eigenvalue weighted by molar-refractivity contribution is 5.94. The number of nitrogens with zero attached hydrogens (tertiary/aromatic N) is 3. The third-order valence-electron chi connectivity index (χ3n) is 5.58. The van der Waals surface area contributed by atoms with Gasteiger partial charge in [-0.15, -0.1) is 0 Å². The van der Waals surface area contributed by atoms with E-state index in [2.05, 4.69) is 4.98 Å². The maximum Gasteiger partial charge on any atom is 0.253 e. The number of pyridine rings is 1. The molecule has 1 aromatic rings. The molecule has 0 bridgehead atoms. The Balaban J connectivity index is 1.58. The summed E-state index contributed by atoms with van der Waals surface area (Å²) in [6.07, 6.45) is 6.96. The van der Waals surface area contributed by atoms with E-state index in [4.69, 9.17) is 5.73 Å². The van der Waals surface area contributed by atoms with Crippen molar-refractivity contribution in [3.63, 3.8) is 0 Å². The van der Waals surface area contributed by atoms with Crippen LogP contribution >= 0.6 is 0 Å². The van der Waals surface area contributed by atoms with Crippen molar-refractivity contribution >= 4 is 11.8 Å². The third-order valence-corrected chi connectivity index (χ3v) is 5.58. The minimum Gasteiger partial charge on any atom is -0.342 e. The molecular weight excluding hydrogens is 316 g/mol. The van der Waals surface area contributed by atoms with Crippen LogP contribution in [0.25, 0.3) is 0 Å². The molecule has 6 heteroatoms. The number of amides is 2. The van der Waals surface area contributed by atoms with E-state index in [0.29, 0.717) is 18.0 Å². The summed E-state index contributed by atoms with van der Waals surface area (Å²) in [6.45, 7) is 4.87. The number of hydrogen-bond acceptors (Lipinski definition) is 4. The highest BCUT2D eigenvalue weighted by Gasteiger charge is 2.33. The molecule has 2 amide bonds. The van der Waals surface area contributed by atoms with Crippen LogP contribution in [-0.2, 0) is 4.79 Å². The summed E-state index contributed by atoms with van der Waals surface area (Å²) in [6, 6.07) is 3.65. The molecule has 0 radical (unpaired) electrons. The highest BCUT2D eigenvalue weighted by Crippen LogP contribution is 2.25. The molecule has 0 saturated carbocycles. The molecule has 0 aliphatic carbocycles. The lowest BCUT2D eigenvalue weighted by Gasteiger charge is -2.38. The number of rotatable bonds is 3. The van der Waals surface area contributed by atoms with E-state index in [9.17, 15) is 9.59 Å². The first kappa shape index (κ1) is 17.9. The minimum absolute atomic E-state index is 0.00411. The summed E-state index contributed by atoms with van der Waals surface area (Å²) in [5.41, 5.74) is 6.63. The molecule has 6 nitrogen and oxygen atoms in total. The first-order valence-electron chi connectivity index (χ1n) is 9.30. The molecule has 3 heterocycles. The molecule has 2 atom stereocenters. The van der Waals surface area contributed by atoms with Crippen LogP contribution in [0.5, 0.6) is 0 Å². The molecule has 1 aromatic heterocycles. The van der Waals surface area contributed by atoms with Gasteiger partial charge in [-0.25, -0.2) is 0 Å². The Morgan fingerprint density at radius 3 is 2.44 bits per heavy atom. The molecule has 3 rings (SSSR count). The molecule has 2 unspecified atom stereocenters. The Labute approximate surface area is 149 Å². The van der Waals surface area contributed by atoms with Crippen molar-refractivity contribution in [2.45, 2.75) is 38.6 Å². The van der Waals surface area contributed by atoms with E-state index in [0.717, 1.165) is 45.3 Å². The van der Waals surface area contributed by atoms with E-state index >= 15 is 0 Å². The Kier molecular flexibility index (Phi) is 5.68. The fourth-order valence-corrected chi connectivity index (χ4v) is 3.94. The maximum absolute atomic E-state index is 12.9. The number of piperidine rings is 2. The molecule has 136 valence electrons. The van der Waals surface area contributed by atoms with Crippen LogP contribution in [0.1, 0.15) is 43.0 Å². The van der Waals surface area contributed by atoms with Crippen LogP contribution in [0.15, 0.2) is 24.5 Å². The van der Waals surface area contributed by atoms with Crippen molar-refractivity contribution in [2.24, 2.45) is 17.6 Å². The number of nitrogens with two attached hydrogens (primary N) is 1. The second-order valence-corrected chi connectivity index (χ2v) is 7.35. The first-order valence-corrected chi connectivity index (χ1v) is 9.30. The van der Waals surface area contributed by atoms with Crippen molar-refractivity contribution in [1.82, 2.24) is 14.8 Å². The van der Waals surface area contributed by atoms with Gasteiger partial charge in [0, 0.05) is 50.2 Å². The molecule has 2 fully saturated rings. The minimum atomic E-state index is -0.0774. The van der Waals surface area contributed by atoms with Gasteiger partial charge in [0.15, 0.2) is 0 Å². The third kappa shape index (κ3) is 4.18. The lowest BCUT2D eigenvalue weighted by atomic mass is 9.89. The first-order chi connectivity index (χ1) is 12.1. The average molecular weight is 344 g/mol. The van der Waals surface area contributed by atoms with Crippen LogP contribution in [0.2, 0.25) is 0 Å². The maximum atomic E-state index is 12.9. The predicted molar refractivity (Wildman–Crippen MR) is 95.8 cm³/mol. The van der Waals surface area contributed by atoms with Gasteiger partial charge in [0.25, 0.3) is 5.91 Å². The number of aromatic nitrogens is 1. The van der Waals surface area contributed by atoms with Crippen molar-refractivity contribution in [2.75, 3.05) is 26.2 Å². The molecule has 2 aliphatic rings. The van der Waals surface area contributed by atoms with Crippen LogP contribution in [0, 0.1) is 11.8 Å². The van der Waals surface area contributed by atoms with E-state index in [1.807, 2.05) is 16.7 Å². The molecular formula is C19H28N4O2. The molecule has 0 spiro atoms. The van der Waals surface area contributed by atoms with Crippen molar-refractivity contribution in [1.29, 1.82) is 0 Å². The molecule has 2 N–H and O–H groups in total. The number of carbonyl (C=O) groups excluding carboxylic acids is 2. The van der Waals surface area contributed by atoms with Gasteiger partial charge < -0.3 is 15.5 Å². The van der Waals surface area contributed by atoms with E-state index in [-0.39, 0.29) is 23.8 Å². The van der Waals surface area contributed by atoms with Gasteiger partial charge in [0.05, 0.1) is 5.92 Å². The van der Waals surface area contributed by atoms with Gasteiger partial charge in [-0.05, 0) is 50.7 Å². The smallest absolute Gasteiger partial charge is 0.253 e. The standard InChI is InChI=1S/C19H28N4O2/c1-14(20)15-6-11-22(12-7-15)19(25)17-3-2-10-23(13-17)18(24)16-4-8-21-9-5-16/h4-5,8-9,14-15,17H,2-3,6-7,10-13,20H2,1H3. The number of carbonyl (C=O) groups is 2. The zero-order chi connectivity index (χ0) is 17.8. The van der Waals surface area contributed by atoms with E-state index in [1.54, 1.807) is 24.5 Å². The summed E-state index contributed by atoms with van der Waals surface area (Å²) in [5.74, 6) is 0.637. The normalized spacial score (nSPS) is 23.4. The lowest BCUT2D eigenvalue weighted by molar-refractivity contribution is -0.138. The van der Waals surface area contributed by atoms with Crippen LogP contribution in [0.3, 0.4) is 0 Å². The monoisotopic (exact) mass is 344 g/mol. The fourth-order valence-electron chi connectivity index (χ4n) is 3.94. The fraction of sp³-hybridized carbons (Fsp3) is 0.632. The Bertz CT molecular complexity index is 597. The summed E-state index contributed by atoms with van der Waals surface area (Å²) < 4.78 is 0. The molecule has 25 heavy (non-hydrogen) atoms. The van der Waals surface area contributed by atoms with Crippen molar-refractivity contribution in [3.8, 4) is 0 Å². The predicted octanol–water partition coefficient (Wildman–Crippen LogP) is 1.52. The number of hydrogen-bond donors (Lipinski definition) is 1. The van der Waals surface area contributed by atoms with Crippen molar-refractivity contribution < 1.29 is 9.59 Å². The topological polar surface area (TPSA) is 79.5 Å². The Hall–Kier alpha value is -1.95. The zero-order valence-electron chi connectivity index (χ0n) is 14.9.